The van der Waals surface area contributed by atoms with Crippen LogP contribution < -0.4 is 9.64 Å². The molecule has 1 N–H and O–H groups in total. The van der Waals surface area contributed by atoms with Gasteiger partial charge in [-0.15, -0.1) is 0 Å². The van der Waals surface area contributed by atoms with Gasteiger partial charge in [0.25, 0.3) is 0 Å². The van der Waals surface area contributed by atoms with Crippen LogP contribution in [0.15, 0.2) is 29.8 Å². The van der Waals surface area contributed by atoms with Gasteiger partial charge in [-0.3, -0.25) is 9.69 Å². The summed E-state index contributed by atoms with van der Waals surface area (Å²) in [6.45, 7) is 2.94. The molecule has 5 fully saturated rings. The lowest BCUT2D eigenvalue weighted by molar-refractivity contribution is -0.179. The monoisotopic (exact) mass is 396 g/mol. The van der Waals surface area contributed by atoms with Crippen molar-refractivity contribution < 1.29 is 19.4 Å². The molecule has 8 atom stereocenters. The highest BCUT2D eigenvalue weighted by molar-refractivity contribution is 5.84. The van der Waals surface area contributed by atoms with E-state index in [4.69, 9.17) is 9.47 Å². The van der Waals surface area contributed by atoms with Gasteiger partial charge in [0.15, 0.2) is 0 Å². The Labute approximate surface area is 171 Å². The molecule has 5 aliphatic heterocycles. The van der Waals surface area contributed by atoms with Crippen molar-refractivity contribution in [1.29, 1.82) is 0 Å². The van der Waals surface area contributed by atoms with Crippen molar-refractivity contribution in [2.45, 2.75) is 49.4 Å². The summed E-state index contributed by atoms with van der Waals surface area (Å²) in [7, 11) is 5.27. The Morgan fingerprint density at radius 1 is 1.34 bits per heavy atom. The minimum atomic E-state index is -0.897. The lowest BCUT2D eigenvalue weighted by atomic mass is 9.58. The third kappa shape index (κ3) is 1.62. The second kappa shape index (κ2) is 5.35. The van der Waals surface area contributed by atoms with Crippen LogP contribution >= 0.6 is 0 Å². The number of likely N-dealkylation sites (N-methyl/N-ethyl adjacent to an activating group) is 1. The van der Waals surface area contributed by atoms with Crippen LogP contribution in [0.25, 0.3) is 0 Å². The third-order valence-corrected chi connectivity index (χ3v) is 9.02. The largest absolute Gasteiger partial charge is 0.497 e. The maximum Gasteiger partial charge on any atom is 0.316 e. The van der Waals surface area contributed by atoms with Gasteiger partial charge in [-0.25, -0.2) is 0 Å². The molecule has 0 amide bonds. The maximum absolute atomic E-state index is 13.4. The molecule has 7 rings (SSSR count). The van der Waals surface area contributed by atoms with Crippen molar-refractivity contribution >= 4 is 11.7 Å². The van der Waals surface area contributed by atoms with E-state index >= 15 is 0 Å². The molecule has 4 saturated heterocycles. The standard InChI is InChI=1S/C23H28N2O4/c1-5-12-11-25-17-9-14(12)23(21(27)29-4)18(25)10-22(20(23)26)15-8-13(28-3)6-7-16(15)24(2)19(17)22/h5-8,14,17-20,26H,9-11H2,1-4H3/b12-5-/t14-,17-,18-,19+,20-,22+,23+/m0/s1. The van der Waals surface area contributed by atoms with Crippen LogP contribution in [0.4, 0.5) is 5.69 Å². The number of rotatable bonds is 2. The van der Waals surface area contributed by atoms with E-state index in [0.717, 1.165) is 36.4 Å². The van der Waals surface area contributed by atoms with E-state index in [1.54, 1.807) is 7.11 Å². The number of carbonyl (C=O) groups excluding carboxylic acids is 1. The van der Waals surface area contributed by atoms with Gasteiger partial charge in [0.2, 0.25) is 0 Å². The quantitative estimate of drug-likeness (QED) is 0.607. The van der Waals surface area contributed by atoms with E-state index in [9.17, 15) is 9.90 Å². The summed E-state index contributed by atoms with van der Waals surface area (Å²) in [6.07, 6.45) is 3.03. The van der Waals surface area contributed by atoms with Gasteiger partial charge in [-0.2, -0.15) is 0 Å². The number of hydrogen-bond donors (Lipinski definition) is 1. The topological polar surface area (TPSA) is 62.2 Å². The number of methoxy groups -OCH3 is 2. The fourth-order valence-electron chi connectivity index (χ4n) is 8.12. The third-order valence-electron chi connectivity index (χ3n) is 9.02. The van der Waals surface area contributed by atoms with Crippen LogP contribution in [-0.4, -0.2) is 68.0 Å². The van der Waals surface area contributed by atoms with Crippen molar-refractivity contribution in [3.8, 4) is 5.75 Å². The minimum Gasteiger partial charge on any atom is -0.497 e. The van der Waals surface area contributed by atoms with Gasteiger partial charge in [0.1, 0.15) is 11.2 Å². The van der Waals surface area contributed by atoms with Crippen molar-refractivity contribution in [2.24, 2.45) is 11.3 Å². The van der Waals surface area contributed by atoms with Gasteiger partial charge in [-0.1, -0.05) is 11.6 Å². The summed E-state index contributed by atoms with van der Waals surface area (Å²) >= 11 is 0. The van der Waals surface area contributed by atoms with E-state index in [1.807, 2.05) is 13.0 Å². The Morgan fingerprint density at radius 3 is 2.83 bits per heavy atom. The van der Waals surface area contributed by atoms with Crippen LogP contribution in [-0.2, 0) is 14.9 Å². The average molecular weight is 396 g/mol. The molecule has 6 aliphatic rings. The van der Waals surface area contributed by atoms with Crippen molar-refractivity contribution in [3.05, 3.63) is 35.4 Å². The smallest absolute Gasteiger partial charge is 0.316 e. The number of aliphatic hydroxyl groups is 1. The first-order valence-electron chi connectivity index (χ1n) is 10.6. The molecule has 1 aliphatic carbocycles. The number of aliphatic hydroxyl groups excluding tert-OH is 1. The molecule has 5 bridgehead atoms. The number of nitrogens with zero attached hydrogens (tertiary/aromatic N) is 2. The van der Waals surface area contributed by atoms with E-state index in [-0.39, 0.29) is 24.0 Å². The number of benzene rings is 1. The summed E-state index contributed by atoms with van der Waals surface area (Å²) in [4.78, 5) is 18.3. The zero-order valence-corrected chi connectivity index (χ0v) is 17.4. The maximum atomic E-state index is 13.4. The molecule has 29 heavy (non-hydrogen) atoms. The normalized spacial score (nSPS) is 46.8. The molecular formula is C23H28N2O4. The highest BCUT2D eigenvalue weighted by atomic mass is 16.5. The van der Waals surface area contributed by atoms with E-state index in [0.29, 0.717) is 6.04 Å². The molecule has 1 saturated carbocycles. The van der Waals surface area contributed by atoms with Gasteiger partial charge >= 0.3 is 5.97 Å². The number of allylic oxidation sites excluding steroid dienone is 1. The number of hydrogen-bond acceptors (Lipinski definition) is 6. The molecule has 0 aromatic heterocycles. The summed E-state index contributed by atoms with van der Waals surface area (Å²) < 4.78 is 10.9. The molecular weight excluding hydrogens is 368 g/mol. The number of piperidine rings is 4. The fraction of sp³-hybridized carbons (Fsp3) is 0.609. The van der Waals surface area contributed by atoms with Gasteiger partial charge in [0.05, 0.1) is 26.4 Å². The molecule has 0 radical (unpaired) electrons. The zero-order valence-electron chi connectivity index (χ0n) is 17.4. The van der Waals surface area contributed by atoms with Crippen LogP contribution in [0, 0.1) is 11.3 Å². The summed E-state index contributed by atoms with van der Waals surface area (Å²) in [5, 5.41) is 12.1. The van der Waals surface area contributed by atoms with Crippen molar-refractivity contribution in [2.75, 3.05) is 32.7 Å². The molecule has 5 heterocycles. The first kappa shape index (κ1) is 17.8. The Hall–Kier alpha value is -2.05. The number of esters is 1. The SMILES string of the molecule is C/C=C1/CN2[C@H]3C[C@@]45c6cc(OC)ccc6N(C)[C@@H]4[C@@H]2C[C@@H]1[C@]3(C(=O)OC)[C@H]5O. The van der Waals surface area contributed by atoms with Crippen LogP contribution in [0.3, 0.4) is 0 Å². The number of carbonyl (C=O) groups is 1. The molecule has 154 valence electrons. The van der Waals surface area contributed by atoms with Crippen LogP contribution in [0.2, 0.25) is 0 Å². The lowest BCUT2D eigenvalue weighted by Gasteiger charge is -2.61. The number of anilines is 1. The zero-order chi connectivity index (χ0) is 20.3. The highest BCUT2D eigenvalue weighted by Gasteiger charge is 2.82. The summed E-state index contributed by atoms with van der Waals surface area (Å²) in [5.41, 5.74) is 2.17. The number of fused-ring (bicyclic) bond motifs is 2. The molecule has 1 spiro atoms. The summed E-state index contributed by atoms with van der Waals surface area (Å²) in [6, 6.07) is 6.65. The molecule has 6 heteroatoms. The predicted molar refractivity (Wildman–Crippen MR) is 108 cm³/mol. The Kier molecular flexibility index (Phi) is 3.28. The highest BCUT2D eigenvalue weighted by Crippen LogP contribution is 2.72. The lowest BCUT2D eigenvalue weighted by Crippen LogP contribution is -2.71. The van der Waals surface area contributed by atoms with Gasteiger partial charge < -0.3 is 19.5 Å². The van der Waals surface area contributed by atoms with Crippen LogP contribution in [0.5, 0.6) is 5.75 Å². The van der Waals surface area contributed by atoms with Crippen molar-refractivity contribution in [3.63, 3.8) is 0 Å². The Bertz CT molecular complexity index is 960. The fourth-order valence-corrected chi connectivity index (χ4v) is 8.12. The Balaban J connectivity index is 1.65. The van der Waals surface area contributed by atoms with Gasteiger partial charge in [-0.05, 0) is 43.5 Å². The van der Waals surface area contributed by atoms with Gasteiger partial charge in [0, 0.05) is 42.7 Å². The molecule has 6 nitrogen and oxygen atoms in total. The van der Waals surface area contributed by atoms with E-state index < -0.39 is 16.9 Å². The average Bonchev–Trinajstić information content (AvgIpc) is 3.13. The predicted octanol–water partition coefficient (Wildman–Crippen LogP) is 1.71. The van der Waals surface area contributed by atoms with Crippen LogP contribution in [0.1, 0.15) is 25.3 Å². The minimum absolute atomic E-state index is 0.0131. The van der Waals surface area contributed by atoms with E-state index in [1.165, 1.54) is 12.7 Å². The second-order valence-electron chi connectivity index (χ2n) is 9.42. The van der Waals surface area contributed by atoms with E-state index in [2.05, 4.69) is 35.1 Å². The number of ether oxygens (including phenoxy) is 2. The second-order valence-corrected chi connectivity index (χ2v) is 9.42. The first-order chi connectivity index (χ1) is 14.0. The van der Waals surface area contributed by atoms with Crippen molar-refractivity contribution in [1.82, 2.24) is 4.90 Å². The molecule has 1 aromatic carbocycles. The summed E-state index contributed by atoms with van der Waals surface area (Å²) in [5.74, 6) is 0.590. The first-order valence-corrected chi connectivity index (χ1v) is 10.6. The Morgan fingerprint density at radius 2 is 2.14 bits per heavy atom. The molecule has 1 unspecified atom stereocenters. The molecule has 1 aromatic rings.